The Balaban J connectivity index is 2.59. The Kier molecular flexibility index (Phi) is 4.66. The Labute approximate surface area is 102 Å². The van der Waals surface area contributed by atoms with Gasteiger partial charge in [0.1, 0.15) is 0 Å². The zero-order chi connectivity index (χ0) is 12.9. The van der Waals surface area contributed by atoms with Gasteiger partial charge in [0.25, 0.3) is 0 Å². The molecule has 0 aliphatic carbocycles. The first-order valence-electron chi connectivity index (χ1n) is 5.70. The molecule has 0 aliphatic heterocycles. The molecule has 4 heteroatoms. The van der Waals surface area contributed by atoms with E-state index in [0.29, 0.717) is 6.54 Å². The maximum absolute atomic E-state index is 11.3. The molecule has 0 fully saturated rings. The van der Waals surface area contributed by atoms with Gasteiger partial charge in [0.15, 0.2) is 0 Å². The highest BCUT2D eigenvalue weighted by Crippen LogP contribution is 2.18. The van der Waals surface area contributed by atoms with Crippen molar-refractivity contribution >= 4 is 5.91 Å². The van der Waals surface area contributed by atoms with Crippen LogP contribution in [0.4, 0.5) is 0 Å². The lowest BCUT2D eigenvalue weighted by atomic mass is 9.96. The van der Waals surface area contributed by atoms with E-state index in [2.05, 4.69) is 10.6 Å². The molecule has 2 unspecified atom stereocenters. The lowest BCUT2D eigenvalue weighted by molar-refractivity contribution is -0.122. The Morgan fingerprint density at radius 1 is 1.41 bits per heavy atom. The number of benzene rings is 1. The number of amides is 1. The number of likely N-dealkylation sites (N-methyl/N-ethyl adjacent to an activating group) is 1. The standard InChI is InChI=1S/C13H20N2O2/c1-10(12(16)14-3)15-9-13(2,17)11-7-5-4-6-8-11/h4-8,10,15,17H,9H2,1-3H3,(H,14,16). The number of carbonyl (C=O) groups is 1. The van der Waals surface area contributed by atoms with Crippen LogP contribution < -0.4 is 10.6 Å². The van der Waals surface area contributed by atoms with Crippen LogP contribution in [0.5, 0.6) is 0 Å². The van der Waals surface area contributed by atoms with Crippen molar-refractivity contribution in [3.05, 3.63) is 35.9 Å². The van der Waals surface area contributed by atoms with Gasteiger partial charge in [-0.05, 0) is 19.4 Å². The summed E-state index contributed by atoms with van der Waals surface area (Å²) in [5.74, 6) is -0.0890. The molecule has 0 aromatic heterocycles. The van der Waals surface area contributed by atoms with E-state index in [-0.39, 0.29) is 11.9 Å². The number of nitrogens with one attached hydrogen (secondary N) is 2. The molecule has 4 nitrogen and oxygen atoms in total. The van der Waals surface area contributed by atoms with Crippen molar-refractivity contribution < 1.29 is 9.90 Å². The molecule has 0 spiro atoms. The lowest BCUT2D eigenvalue weighted by Gasteiger charge is -2.26. The zero-order valence-corrected chi connectivity index (χ0v) is 10.5. The van der Waals surface area contributed by atoms with Gasteiger partial charge in [0.05, 0.1) is 11.6 Å². The number of carbonyl (C=O) groups excluding carboxylic acids is 1. The number of hydrogen-bond acceptors (Lipinski definition) is 3. The highest BCUT2D eigenvalue weighted by atomic mass is 16.3. The minimum Gasteiger partial charge on any atom is -0.384 e. The van der Waals surface area contributed by atoms with Crippen LogP contribution in [0.15, 0.2) is 30.3 Å². The second kappa shape index (κ2) is 5.80. The fraction of sp³-hybridized carbons (Fsp3) is 0.462. The largest absolute Gasteiger partial charge is 0.384 e. The van der Waals surface area contributed by atoms with E-state index < -0.39 is 5.60 Å². The van der Waals surface area contributed by atoms with Crippen LogP contribution in [0.3, 0.4) is 0 Å². The quantitative estimate of drug-likeness (QED) is 0.702. The highest BCUT2D eigenvalue weighted by molar-refractivity contribution is 5.80. The summed E-state index contributed by atoms with van der Waals surface area (Å²) in [7, 11) is 1.59. The molecule has 0 bridgehead atoms. The van der Waals surface area contributed by atoms with Gasteiger partial charge in [-0.1, -0.05) is 30.3 Å². The Morgan fingerprint density at radius 2 is 2.00 bits per heavy atom. The van der Waals surface area contributed by atoms with Crippen molar-refractivity contribution in [3.8, 4) is 0 Å². The third-order valence-corrected chi connectivity index (χ3v) is 2.79. The van der Waals surface area contributed by atoms with Crippen molar-refractivity contribution in [2.45, 2.75) is 25.5 Å². The summed E-state index contributed by atoms with van der Waals surface area (Å²) in [4.78, 5) is 11.3. The minimum atomic E-state index is -0.983. The minimum absolute atomic E-state index is 0.0890. The molecule has 0 heterocycles. The fourth-order valence-electron chi connectivity index (χ4n) is 1.56. The van der Waals surface area contributed by atoms with Crippen LogP contribution >= 0.6 is 0 Å². The second-order valence-electron chi connectivity index (χ2n) is 4.36. The molecule has 1 amide bonds. The summed E-state index contributed by atoms with van der Waals surface area (Å²) >= 11 is 0. The third-order valence-electron chi connectivity index (χ3n) is 2.79. The molecule has 0 saturated heterocycles. The van der Waals surface area contributed by atoms with Crippen LogP contribution in [0.1, 0.15) is 19.4 Å². The number of hydrogen-bond donors (Lipinski definition) is 3. The van der Waals surface area contributed by atoms with Crippen molar-refractivity contribution in [2.24, 2.45) is 0 Å². The smallest absolute Gasteiger partial charge is 0.236 e. The molecular formula is C13H20N2O2. The van der Waals surface area contributed by atoms with Crippen LogP contribution in [0.25, 0.3) is 0 Å². The molecule has 0 radical (unpaired) electrons. The van der Waals surface area contributed by atoms with Crippen LogP contribution in [-0.2, 0) is 10.4 Å². The van der Waals surface area contributed by atoms with Gasteiger partial charge >= 0.3 is 0 Å². The van der Waals surface area contributed by atoms with Gasteiger partial charge in [0.2, 0.25) is 5.91 Å². The Bertz CT molecular complexity index is 363. The summed E-state index contributed by atoms with van der Waals surface area (Å²) in [5, 5.41) is 15.9. The van der Waals surface area contributed by atoms with Gasteiger partial charge in [-0.25, -0.2) is 0 Å². The van der Waals surface area contributed by atoms with Gasteiger partial charge in [-0.3, -0.25) is 4.79 Å². The predicted molar refractivity (Wildman–Crippen MR) is 67.5 cm³/mol. The average Bonchev–Trinajstić information content (AvgIpc) is 2.36. The lowest BCUT2D eigenvalue weighted by Crippen LogP contribution is -2.46. The summed E-state index contributed by atoms with van der Waals surface area (Å²) in [5.41, 5.74) is -0.152. The summed E-state index contributed by atoms with van der Waals surface area (Å²) < 4.78 is 0. The summed E-state index contributed by atoms with van der Waals surface area (Å²) in [6, 6.07) is 9.08. The fourth-order valence-corrected chi connectivity index (χ4v) is 1.56. The molecule has 0 aliphatic rings. The first kappa shape index (κ1) is 13.7. The van der Waals surface area contributed by atoms with E-state index in [1.165, 1.54) is 0 Å². The highest BCUT2D eigenvalue weighted by Gasteiger charge is 2.24. The SMILES string of the molecule is CNC(=O)C(C)NCC(C)(O)c1ccccc1. The van der Waals surface area contributed by atoms with Gasteiger partial charge < -0.3 is 15.7 Å². The zero-order valence-electron chi connectivity index (χ0n) is 10.5. The van der Waals surface area contributed by atoms with E-state index in [1.54, 1.807) is 20.9 Å². The summed E-state index contributed by atoms with van der Waals surface area (Å²) in [6.45, 7) is 3.82. The Morgan fingerprint density at radius 3 is 2.53 bits per heavy atom. The summed E-state index contributed by atoms with van der Waals surface area (Å²) in [6.07, 6.45) is 0. The number of aliphatic hydroxyl groups is 1. The van der Waals surface area contributed by atoms with Crippen molar-refractivity contribution in [2.75, 3.05) is 13.6 Å². The van der Waals surface area contributed by atoms with E-state index >= 15 is 0 Å². The molecule has 1 aromatic carbocycles. The van der Waals surface area contributed by atoms with Crippen LogP contribution in [0.2, 0.25) is 0 Å². The maximum Gasteiger partial charge on any atom is 0.236 e. The molecule has 1 rings (SSSR count). The van der Waals surface area contributed by atoms with Gasteiger partial charge in [-0.2, -0.15) is 0 Å². The molecule has 0 saturated carbocycles. The van der Waals surface area contributed by atoms with E-state index in [0.717, 1.165) is 5.56 Å². The molecule has 2 atom stereocenters. The number of rotatable bonds is 5. The molecular weight excluding hydrogens is 216 g/mol. The third kappa shape index (κ3) is 3.84. The van der Waals surface area contributed by atoms with Crippen molar-refractivity contribution in [3.63, 3.8) is 0 Å². The van der Waals surface area contributed by atoms with Crippen LogP contribution in [-0.4, -0.2) is 30.6 Å². The molecule has 94 valence electrons. The maximum atomic E-state index is 11.3. The topological polar surface area (TPSA) is 61.4 Å². The van der Waals surface area contributed by atoms with Crippen molar-refractivity contribution in [1.82, 2.24) is 10.6 Å². The second-order valence-corrected chi connectivity index (χ2v) is 4.36. The molecule has 17 heavy (non-hydrogen) atoms. The average molecular weight is 236 g/mol. The molecule has 1 aromatic rings. The molecule has 3 N–H and O–H groups in total. The monoisotopic (exact) mass is 236 g/mol. The van der Waals surface area contributed by atoms with Gasteiger partial charge in [0, 0.05) is 13.6 Å². The van der Waals surface area contributed by atoms with E-state index in [1.807, 2.05) is 30.3 Å². The first-order chi connectivity index (χ1) is 7.97. The van der Waals surface area contributed by atoms with Crippen LogP contribution in [0, 0.1) is 0 Å². The normalized spacial score (nSPS) is 16.0. The predicted octanol–water partition coefficient (Wildman–Crippen LogP) is 0.618. The van der Waals surface area contributed by atoms with E-state index in [9.17, 15) is 9.90 Å². The van der Waals surface area contributed by atoms with Gasteiger partial charge in [-0.15, -0.1) is 0 Å². The van der Waals surface area contributed by atoms with Crippen molar-refractivity contribution in [1.29, 1.82) is 0 Å². The van der Waals surface area contributed by atoms with E-state index in [4.69, 9.17) is 0 Å². The first-order valence-corrected chi connectivity index (χ1v) is 5.70. The Hall–Kier alpha value is -1.39.